The van der Waals surface area contributed by atoms with Gasteiger partial charge in [0.15, 0.2) is 0 Å². The van der Waals surface area contributed by atoms with Crippen LogP contribution in [0.4, 0.5) is 0 Å². The van der Waals surface area contributed by atoms with Crippen molar-refractivity contribution in [1.29, 1.82) is 0 Å². The first-order valence-electron chi connectivity index (χ1n) is 5.89. The summed E-state index contributed by atoms with van der Waals surface area (Å²) >= 11 is 11.9. The lowest BCUT2D eigenvalue weighted by Crippen LogP contribution is -2.41. The van der Waals surface area contributed by atoms with Crippen molar-refractivity contribution in [3.05, 3.63) is 27.7 Å². The minimum absolute atomic E-state index is 0.00306. The van der Waals surface area contributed by atoms with Gasteiger partial charge in [0, 0.05) is 47.0 Å². The molecule has 1 saturated heterocycles. The van der Waals surface area contributed by atoms with Gasteiger partial charge in [0.25, 0.3) is 0 Å². The van der Waals surface area contributed by atoms with Crippen molar-refractivity contribution in [3.8, 4) is 0 Å². The Kier molecular flexibility index (Phi) is 5.09. The molecule has 1 aromatic carbocycles. The largest absolute Gasteiger partial charge is 0.326 e. The van der Waals surface area contributed by atoms with E-state index < -0.39 is 20.8 Å². The van der Waals surface area contributed by atoms with Gasteiger partial charge in [0.1, 0.15) is 4.90 Å². The minimum Gasteiger partial charge on any atom is -0.326 e. The third-order valence-electron chi connectivity index (χ3n) is 3.08. The fraction of sp³-hybridized carbons (Fsp3) is 0.455. The molecule has 0 saturated carbocycles. The molecule has 1 aromatic rings. The molecule has 1 heterocycles. The van der Waals surface area contributed by atoms with Crippen LogP contribution in [0.25, 0.3) is 0 Å². The van der Waals surface area contributed by atoms with E-state index in [1.54, 1.807) is 0 Å². The first-order valence-corrected chi connectivity index (χ1v) is 9.57. The Hall–Kier alpha value is -0.180. The van der Waals surface area contributed by atoms with Crippen molar-refractivity contribution in [3.63, 3.8) is 0 Å². The maximum Gasteiger partial charge on any atom is 0.244 e. The minimum atomic E-state index is -3.71. The molecule has 1 aliphatic heterocycles. The van der Waals surface area contributed by atoms with Crippen LogP contribution in [0.3, 0.4) is 0 Å². The summed E-state index contributed by atoms with van der Waals surface area (Å²) in [6.07, 6.45) is 0. The van der Waals surface area contributed by atoms with Crippen LogP contribution in [0.1, 0.15) is 5.56 Å². The fourth-order valence-corrected chi connectivity index (χ4v) is 5.50. The Morgan fingerprint density at radius 2 is 1.80 bits per heavy atom. The third-order valence-corrected chi connectivity index (χ3v) is 7.07. The zero-order valence-corrected chi connectivity index (χ0v) is 13.7. The molecule has 20 heavy (non-hydrogen) atoms. The normalized spacial score (nSPS) is 18.4. The lowest BCUT2D eigenvalue weighted by atomic mass is 10.2. The SMILES string of the molecule is NCc1cc(S(=O)(=O)N2CCS(=O)CC2)c(Cl)cc1Cl. The van der Waals surface area contributed by atoms with E-state index in [0.29, 0.717) is 22.1 Å². The molecule has 0 bridgehead atoms. The number of sulfonamides is 1. The average molecular weight is 357 g/mol. The summed E-state index contributed by atoms with van der Waals surface area (Å²) in [4.78, 5) is -0.00306. The van der Waals surface area contributed by atoms with Crippen molar-refractivity contribution in [1.82, 2.24) is 4.31 Å². The zero-order valence-electron chi connectivity index (χ0n) is 10.5. The van der Waals surface area contributed by atoms with Crippen LogP contribution >= 0.6 is 23.2 Å². The summed E-state index contributed by atoms with van der Waals surface area (Å²) in [6, 6.07) is 2.80. The van der Waals surface area contributed by atoms with Crippen LogP contribution in [0.2, 0.25) is 10.0 Å². The van der Waals surface area contributed by atoms with Gasteiger partial charge in [-0.1, -0.05) is 23.2 Å². The number of hydrogen-bond acceptors (Lipinski definition) is 4. The molecule has 0 amide bonds. The molecule has 0 aromatic heterocycles. The van der Waals surface area contributed by atoms with E-state index in [-0.39, 0.29) is 29.6 Å². The Morgan fingerprint density at radius 3 is 2.35 bits per heavy atom. The van der Waals surface area contributed by atoms with E-state index in [9.17, 15) is 12.6 Å². The first-order chi connectivity index (χ1) is 9.36. The van der Waals surface area contributed by atoms with Crippen LogP contribution < -0.4 is 5.73 Å². The van der Waals surface area contributed by atoms with Crippen molar-refractivity contribution in [2.45, 2.75) is 11.4 Å². The van der Waals surface area contributed by atoms with Crippen molar-refractivity contribution >= 4 is 44.0 Å². The molecule has 112 valence electrons. The smallest absolute Gasteiger partial charge is 0.244 e. The molecule has 2 N–H and O–H groups in total. The van der Waals surface area contributed by atoms with Gasteiger partial charge in [-0.25, -0.2) is 8.42 Å². The van der Waals surface area contributed by atoms with Gasteiger partial charge >= 0.3 is 0 Å². The Bertz CT molecular complexity index is 639. The van der Waals surface area contributed by atoms with E-state index >= 15 is 0 Å². The van der Waals surface area contributed by atoms with Gasteiger partial charge in [-0.05, 0) is 17.7 Å². The van der Waals surface area contributed by atoms with Gasteiger partial charge in [-0.15, -0.1) is 0 Å². The van der Waals surface area contributed by atoms with Gasteiger partial charge in [0.2, 0.25) is 10.0 Å². The third kappa shape index (κ3) is 3.18. The van der Waals surface area contributed by atoms with Crippen molar-refractivity contribution in [2.24, 2.45) is 5.73 Å². The maximum atomic E-state index is 12.6. The number of nitrogens with two attached hydrogens (primary N) is 1. The Morgan fingerprint density at radius 1 is 1.20 bits per heavy atom. The highest BCUT2D eigenvalue weighted by atomic mass is 35.5. The van der Waals surface area contributed by atoms with Crippen molar-refractivity contribution < 1.29 is 12.6 Å². The number of halogens is 2. The van der Waals surface area contributed by atoms with E-state index in [4.69, 9.17) is 28.9 Å². The van der Waals surface area contributed by atoms with Crippen LogP contribution in [0, 0.1) is 0 Å². The van der Waals surface area contributed by atoms with Gasteiger partial charge in [0.05, 0.1) is 5.02 Å². The first kappa shape index (κ1) is 16.2. The zero-order chi connectivity index (χ0) is 14.9. The Balaban J connectivity index is 2.41. The highest BCUT2D eigenvalue weighted by Crippen LogP contribution is 2.30. The fourth-order valence-electron chi connectivity index (χ4n) is 1.93. The quantitative estimate of drug-likeness (QED) is 0.882. The Labute approximate surface area is 130 Å². The average Bonchev–Trinajstić information content (AvgIpc) is 2.39. The highest BCUT2D eigenvalue weighted by molar-refractivity contribution is 7.89. The molecule has 1 aliphatic rings. The van der Waals surface area contributed by atoms with Gasteiger partial charge in [-0.2, -0.15) is 4.31 Å². The number of nitrogens with zero attached hydrogens (tertiary/aromatic N) is 1. The summed E-state index contributed by atoms with van der Waals surface area (Å²) in [5.41, 5.74) is 6.06. The molecule has 0 atom stereocenters. The molecule has 0 aliphatic carbocycles. The maximum absolute atomic E-state index is 12.6. The molecule has 0 spiro atoms. The second-order valence-electron chi connectivity index (χ2n) is 4.33. The van der Waals surface area contributed by atoms with E-state index in [1.807, 2.05) is 0 Å². The molecule has 5 nitrogen and oxygen atoms in total. The molecule has 2 rings (SSSR count). The molecular weight excluding hydrogens is 343 g/mol. The second kappa shape index (κ2) is 6.29. The molecule has 0 radical (unpaired) electrons. The van der Waals surface area contributed by atoms with Crippen LogP contribution in [0.5, 0.6) is 0 Å². The predicted octanol–water partition coefficient (Wildman–Crippen LogP) is 1.21. The lowest BCUT2D eigenvalue weighted by molar-refractivity contribution is 0.438. The summed E-state index contributed by atoms with van der Waals surface area (Å²) < 4.78 is 37.7. The van der Waals surface area contributed by atoms with E-state index in [1.165, 1.54) is 16.4 Å². The van der Waals surface area contributed by atoms with E-state index in [2.05, 4.69) is 0 Å². The second-order valence-corrected chi connectivity index (χ2v) is 8.75. The summed E-state index contributed by atoms with van der Waals surface area (Å²) in [6.45, 7) is 0.584. The molecule has 1 fully saturated rings. The van der Waals surface area contributed by atoms with Crippen LogP contribution in [-0.2, 0) is 27.4 Å². The van der Waals surface area contributed by atoms with E-state index in [0.717, 1.165) is 0 Å². The summed E-state index contributed by atoms with van der Waals surface area (Å²) in [5.74, 6) is 0.683. The van der Waals surface area contributed by atoms with Gasteiger partial charge < -0.3 is 5.73 Å². The lowest BCUT2D eigenvalue weighted by Gasteiger charge is -2.26. The van der Waals surface area contributed by atoms with Crippen LogP contribution in [0.15, 0.2) is 17.0 Å². The number of hydrogen-bond donors (Lipinski definition) is 1. The highest BCUT2D eigenvalue weighted by Gasteiger charge is 2.30. The number of rotatable bonds is 3. The van der Waals surface area contributed by atoms with Crippen LogP contribution in [-0.4, -0.2) is 41.5 Å². The molecule has 9 heteroatoms. The summed E-state index contributed by atoms with van der Waals surface area (Å²) in [5, 5.41) is 0.412. The van der Waals surface area contributed by atoms with Gasteiger partial charge in [-0.3, -0.25) is 4.21 Å². The number of benzene rings is 1. The topological polar surface area (TPSA) is 80.5 Å². The predicted molar refractivity (Wildman–Crippen MR) is 81.0 cm³/mol. The monoisotopic (exact) mass is 356 g/mol. The molecular formula is C11H14Cl2N2O3S2. The summed E-state index contributed by atoms with van der Waals surface area (Å²) in [7, 11) is -4.66. The van der Waals surface area contributed by atoms with Crippen molar-refractivity contribution in [2.75, 3.05) is 24.6 Å². The standard InChI is InChI=1S/C11H14Cl2N2O3S2/c12-9-6-10(13)11(5-8(9)7-14)20(17,18)15-1-3-19(16)4-2-15/h5-6H,1-4,7,14H2. The molecule has 0 unspecified atom stereocenters.